The van der Waals surface area contributed by atoms with Gasteiger partial charge in [-0.1, -0.05) is 12.1 Å². The fourth-order valence-corrected chi connectivity index (χ4v) is 3.40. The number of alkyl halides is 5. The highest BCUT2D eigenvalue weighted by Crippen LogP contribution is 2.35. The van der Waals surface area contributed by atoms with E-state index in [1.807, 2.05) is 0 Å². The summed E-state index contributed by atoms with van der Waals surface area (Å²) in [6, 6.07) is 4.78. The molecule has 3 heterocycles. The van der Waals surface area contributed by atoms with E-state index in [9.17, 15) is 26.7 Å². The summed E-state index contributed by atoms with van der Waals surface area (Å²) in [4.78, 5) is 22.4. The van der Waals surface area contributed by atoms with Gasteiger partial charge in [0, 0.05) is 31.9 Å². The van der Waals surface area contributed by atoms with Gasteiger partial charge in [-0.3, -0.25) is 4.79 Å². The molecule has 0 spiro atoms. The second kappa shape index (κ2) is 8.13. The Morgan fingerprint density at radius 1 is 1.12 bits per heavy atom. The monoisotopic (exact) mass is 453 g/mol. The number of amides is 1. The van der Waals surface area contributed by atoms with Crippen LogP contribution in [0.1, 0.15) is 22.3 Å². The lowest BCUT2D eigenvalue weighted by Crippen LogP contribution is -2.47. The molecule has 1 aromatic carbocycles. The van der Waals surface area contributed by atoms with Crippen molar-refractivity contribution in [3.05, 3.63) is 60.2 Å². The first kappa shape index (κ1) is 21.6. The summed E-state index contributed by atoms with van der Waals surface area (Å²) in [5, 5.41) is 10.5. The van der Waals surface area contributed by atoms with Gasteiger partial charge >= 0.3 is 6.18 Å². The van der Waals surface area contributed by atoms with Gasteiger partial charge in [0.15, 0.2) is 0 Å². The molecule has 0 saturated carbocycles. The Bertz CT molecular complexity index is 1090. The fourth-order valence-electron chi connectivity index (χ4n) is 3.40. The average molecular weight is 453 g/mol. The van der Waals surface area contributed by atoms with Crippen molar-refractivity contribution in [1.82, 2.24) is 29.9 Å². The zero-order valence-corrected chi connectivity index (χ0v) is 16.3. The molecule has 4 rings (SSSR count). The molecule has 1 saturated heterocycles. The lowest BCUT2D eigenvalue weighted by Gasteiger charge is -2.28. The van der Waals surface area contributed by atoms with Crippen LogP contribution < -0.4 is 5.32 Å². The second-order valence-corrected chi connectivity index (χ2v) is 7.04. The number of halogens is 5. The molecule has 1 amide bonds. The van der Waals surface area contributed by atoms with Gasteiger partial charge in [0.25, 0.3) is 11.8 Å². The Labute approximate surface area is 178 Å². The van der Waals surface area contributed by atoms with E-state index >= 15 is 0 Å². The third-order valence-corrected chi connectivity index (χ3v) is 5.01. The molecule has 1 fully saturated rings. The normalized spacial score (nSPS) is 18.0. The van der Waals surface area contributed by atoms with E-state index in [1.165, 1.54) is 23.3 Å². The number of para-hydroxylation sites is 1. The second-order valence-electron chi connectivity index (χ2n) is 7.04. The lowest BCUT2D eigenvalue weighted by atomic mass is 10.1. The maximum absolute atomic E-state index is 14.6. The van der Waals surface area contributed by atoms with Crippen molar-refractivity contribution in [2.45, 2.75) is 24.6 Å². The zero-order chi connectivity index (χ0) is 22.9. The number of carbonyl (C=O) groups is 1. The van der Waals surface area contributed by atoms with Crippen molar-refractivity contribution in [3.63, 3.8) is 0 Å². The molecule has 3 aromatic rings. The Morgan fingerprint density at radius 2 is 1.78 bits per heavy atom. The molecular formula is C19H16F5N7O. The van der Waals surface area contributed by atoms with Crippen LogP contribution in [0.15, 0.2) is 49.1 Å². The van der Waals surface area contributed by atoms with Crippen molar-refractivity contribution >= 4 is 11.9 Å². The van der Waals surface area contributed by atoms with Crippen LogP contribution in [0.5, 0.6) is 0 Å². The van der Waals surface area contributed by atoms with Crippen LogP contribution >= 0.6 is 0 Å². The molecule has 0 radical (unpaired) electrons. The first-order valence-electron chi connectivity index (χ1n) is 9.44. The first-order chi connectivity index (χ1) is 15.2. The van der Waals surface area contributed by atoms with Gasteiger partial charge in [-0.15, -0.1) is 0 Å². The lowest BCUT2D eigenvalue weighted by molar-refractivity contribution is -0.138. The van der Waals surface area contributed by atoms with Gasteiger partial charge in [-0.25, -0.2) is 18.7 Å². The van der Waals surface area contributed by atoms with Crippen LogP contribution in [-0.2, 0) is 6.18 Å². The number of nitrogens with zero attached hydrogens (tertiary/aromatic N) is 6. The summed E-state index contributed by atoms with van der Waals surface area (Å²) in [7, 11) is 0. The minimum Gasteiger partial charge on any atom is -0.352 e. The number of hydrogen-bond donors (Lipinski definition) is 1. The molecule has 168 valence electrons. The zero-order valence-electron chi connectivity index (χ0n) is 16.3. The highest BCUT2D eigenvalue weighted by atomic mass is 19.4. The number of hydrogen-bond acceptors (Lipinski definition) is 6. The van der Waals surface area contributed by atoms with Gasteiger partial charge in [-0.2, -0.15) is 28.2 Å². The minimum absolute atomic E-state index is 0.136. The summed E-state index contributed by atoms with van der Waals surface area (Å²) < 4.78 is 67.1. The van der Waals surface area contributed by atoms with Crippen molar-refractivity contribution in [2.24, 2.45) is 0 Å². The number of carbonyl (C=O) groups excluding carboxylic acids is 1. The van der Waals surface area contributed by atoms with E-state index in [2.05, 4.69) is 25.5 Å². The van der Waals surface area contributed by atoms with E-state index < -0.39 is 42.6 Å². The van der Waals surface area contributed by atoms with E-state index in [0.29, 0.717) is 18.1 Å². The van der Waals surface area contributed by atoms with Gasteiger partial charge in [0.1, 0.15) is 6.04 Å². The predicted molar refractivity (Wildman–Crippen MR) is 101 cm³/mol. The van der Waals surface area contributed by atoms with Crippen LogP contribution in [0.3, 0.4) is 0 Å². The van der Waals surface area contributed by atoms with E-state index in [-0.39, 0.29) is 18.1 Å². The highest BCUT2D eigenvalue weighted by molar-refractivity contribution is 5.98. The standard InChI is InChI=1S/C19H16F5N7O/c20-18(21)5-8-30(15(18)11-27-17-25-9-12(10-26-17)19(22,23)24)16(32)13-3-1-2-4-14(13)31-28-6-7-29-31/h1-4,6-7,9-10,15H,5,8,11H2,(H,25,26,27)/t15-/m1/s1. The van der Waals surface area contributed by atoms with Crippen LogP contribution in [0.25, 0.3) is 5.69 Å². The van der Waals surface area contributed by atoms with Crippen molar-refractivity contribution in [1.29, 1.82) is 0 Å². The summed E-state index contributed by atoms with van der Waals surface area (Å²) in [6.07, 6.45) is -1.22. The molecule has 1 aliphatic rings. The van der Waals surface area contributed by atoms with E-state index in [4.69, 9.17) is 0 Å². The molecule has 13 heteroatoms. The maximum atomic E-state index is 14.6. The number of anilines is 1. The van der Waals surface area contributed by atoms with E-state index in [0.717, 1.165) is 4.90 Å². The van der Waals surface area contributed by atoms with Crippen LogP contribution in [0.2, 0.25) is 0 Å². The van der Waals surface area contributed by atoms with Gasteiger partial charge in [0.05, 0.1) is 29.2 Å². The molecule has 32 heavy (non-hydrogen) atoms. The summed E-state index contributed by atoms with van der Waals surface area (Å²) >= 11 is 0. The smallest absolute Gasteiger partial charge is 0.352 e. The summed E-state index contributed by atoms with van der Waals surface area (Å²) in [5.74, 6) is -4.11. The third-order valence-electron chi connectivity index (χ3n) is 5.01. The highest BCUT2D eigenvalue weighted by Gasteiger charge is 2.51. The average Bonchev–Trinajstić information content (AvgIpc) is 3.39. The molecule has 0 unspecified atom stereocenters. The molecule has 8 nitrogen and oxygen atoms in total. The van der Waals surface area contributed by atoms with E-state index in [1.54, 1.807) is 18.2 Å². The molecule has 2 aromatic heterocycles. The van der Waals surface area contributed by atoms with Crippen LogP contribution in [-0.4, -0.2) is 60.8 Å². The quantitative estimate of drug-likeness (QED) is 0.598. The van der Waals surface area contributed by atoms with Crippen LogP contribution in [0, 0.1) is 0 Å². The molecule has 0 bridgehead atoms. The number of nitrogens with one attached hydrogen (secondary N) is 1. The Kier molecular flexibility index (Phi) is 5.48. The Morgan fingerprint density at radius 3 is 2.44 bits per heavy atom. The SMILES string of the molecule is O=C(c1ccccc1-n1nccn1)N1CCC(F)(F)[C@H]1CNc1ncc(C(F)(F)F)cn1. The largest absolute Gasteiger partial charge is 0.419 e. The van der Waals surface area contributed by atoms with Crippen molar-refractivity contribution < 1.29 is 26.7 Å². The predicted octanol–water partition coefficient (Wildman–Crippen LogP) is 3.04. The summed E-state index contributed by atoms with van der Waals surface area (Å²) in [5.41, 5.74) is -0.595. The molecule has 1 aliphatic heterocycles. The number of likely N-dealkylation sites (tertiary alicyclic amines) is 1. The molecule has 1 atom stereocenters. The number of benzene rings is 1. The number of aromatic nitrogens is 5. The van der Waals surface area contributed by atoms with Gasteiger partial charge in [-0.05, 0) is 12.1 Å². The fraction of sp³-hybridized carbons (Fsp3) is 0.316. The van der Waals surface area contributed by atoms with Gasteiger partial charge < -0.3 is 10.2 Å². The molecule has 0 aliphatic carbocycles. The number of rotatable bonds is 5. The topological polar surface area (TPSA) is 88.8 Å². The van der Waals surface area contributed by atoms with Crippen LogP contribution in [0.4, 0.5) is 27.9 Å². The van der Waals surface area contributed by atoms with Crippen molar-refractivity contribution in [2.75, 3.05) is 18.4 Å². The van der Waals surface area contributed by atoms with Gasteiger partial charge in [0.2, 0.25) is 5.95 Å². The molecular weight excluding hydrogens is 437 g/mol. The van der Waals surface area contributed by atoms with Crippen molar-refractivity contribution in [3.8, 4) is 5.69 Å². The third kappa shape index (κ3) is 4.22. The molecule has 1 N–H and O–H groups in total. The minimum atomic E-state index is -4.61. The maximum Gasteiger partial charge on any atom is 0.419 e. The Balaban J connectivity index is 1.54. The Hall–Kier alpha value is -3.64. The summed E-state index contributed by atoms with van der Waals surface area (Å²) in [6.45, 7) is -0.654. The first-order valence-corrected chi connectivity index (χ1v) is 9.44.